The van der Waals surface area contributed by atoms with Gasteiger partial charge in [-0.05, 0) is 66.2 Å². The van der Waals surface area contributed by atoms with Crippen molar-refractivity contribution in [2.45, 2.75) is 21.3 Å². The molecule has 0 bridgehead atoms. The molecule has 4 aromatic carbocycles. The molecule has 2 nitrogen and oxygen atoms in total. The van der Waals surface area contributed by atoms with E-state index in [1.54, 1.807) is 12.1 Å². The van der Waals surface area contributed by atoms with E-state index < -0.39 is 0 Å². The van der Waals surface area contributed by atoms with Gasteiger partial charge in [0.2, 0.25) is 0 Å². The number of phenols is 1. The average molecular weight is 386 g/mol. The lowest BCUT2D eigenvalue weighted by Crippen LogP contribution is -2.04. The van der Waals surface area contributed by atoms with Crippen LogP contribution in [0.1, 0.15) is 5.56 Å². The number of aromatic hydroxyl groups is 1. The zero-order valence-corrected chi connectivity index (χ0v) is 16.2. The molecule has 4 rings (SSSR count). The van der Waals surface area contributed by atoms with E-state index in [4.69, 9.17) is 4.74 Å². The van der Waals surface area contributed by atoms with Crippen LogP contribution in [0.5, 0.6) is 11.5 Å². The Bertz CT molecular complexity index is 958. The van der Waals surface area contributed by atoms with Crippen LogP contribution in [0.2, 0.25) is 0 Å². The Labute approximate surface area is 168 Å². The second kappa shape index (κ2) is 8.68. The fraction of sp³-hybridized carbons (Fsp3) is 0.0400. The van der Waals surface area contributed by atoms with Crippen molar-refractivity contribution in [2.75, 3.05) is 0 Å². The van der Waals surface area contributed by atoms with E-state index in [1.807, 2.05) is 24.3 Å². The van der Waals surface area contributed by atoms with E-state index >= 15 is 0 Å². The number of ether oxygens (including phenoxy) is 1. The van der Waals surface area contributed by atoms with Crippen LogP contribution in [0.25, 0.3) is 0 Å². The van der Waals surface area contributed by atoms with E-state index in [2.05, 4.69) is 72.8 Å². The molecule has 0 amide bonds. The van der Waals surface area contributed by atoms with Crippen molar-refractivity contribution in [1.29, 1.82) is 0 Å². The number of hydrogen-bond acceptors (Lipinski definition) is 2. The van der Waals surface area contributed by atoms with Crippen LogP contribution in [0, 0.1) is 0 Å². The molecule has 0 aliphatic carbocycles. The third-order valence-corrected chi connectivity index (χ3v) is 6.59. The number of benzene rings is 4. The fourth-order valence-corrected chi connectivity index (χ4v) is 5.04. The number of phenolic OH excluding ortho intramolecular Hbond substituents is 1. The van der Waals surface area contributed by atoms with Crippen LogP contribution in [0.3, 0.4) is 0 Å². The van der Waals surface area contributed by atoms with Crippen LogP contribution >= 0.6 is 0 Å². The summed E-state index contributed by atoms with van der Waals surface area (Å²) in [5, 5.41) is 9.37. The minimum absolute atomic E-state index is 0.149. The largest absolute Gasteiger partial charge is 0.508 e. The molecule has 0 saturated carbocycles. The zero-order valence-electron chi connectivity index (χ0n) is 15.4. The molecule has 0 aromatic heterocycles. The summed E-state index contributed by atoms with van der Waals surface area (Å²) < 4.78 is 5.90. The second-order valence-corrected chi connectivity index (χ2v) is 8.39. The fourth-order valence-electron chi connectivity index (χ4n) is 2.95. The van der Waals surface area contributed by atoms with E-state index in [-0.39, 0.29) is 16.6 Å². The van der Waals surface area contributed by atoms with Crippen LogP contribution in [-0.2, 0) is 17.5 Å². The van der Waals surface area contributed by atoms with Crippen LogP contribution in [0.4, 0.5) is 0 Å². The molecule has 0 heterocycles. The minimum Gasteiger partial charge on any atom is -0.508 e. The normalized spacial score (nSPS) is 10.8. The lowest BCUT2D eigenvalue weighted by molar-refractivity contribution is 0.306. The van der Waals surface area contributed by atoms with Gasteiger partial charge in [0, 0.05) is 0 Å². The monoisotopic (exact) mass is 385 g/mol. The highest BCUT2D eigenvalue weighted by Gasteiger charge is 2.28. The van der Waals surface area contributed by atoms with Gasteiger partial charge < -0.3 is 9.84 Å². The van der Waals surface area contributed by atoms with E-state index in [9.17, 15) is 5.11 Å². The van der Waals surface area contributed by atoms with E-state index in [0.717, 1.165) is 11.3 Å². The third-order valence-electron chi connectivity index (χ3n) is 4.36. The quantitative estimate of drug-likeness (QED) is 0.408. The molecule has 138 valence electrons. The Morgan fingerprint density at radius 2 is 1.07 bits per heavy atom. The number of rotatable bonds is 6. The lowest BCUT2D eigenvalue weighted by atomic mass is 10.2. The maximum atomic E-state index is 9.37. The van der Waals surface area contributed by atoms with Crippen molar-refractivity contribution < 1.29 is 9.84 Å². The first kappa shape index (κ1) is 18.2. The van der Waals surface area contributed by atoms with Crippen molar-refractivity contribution in [3.8, 4) is 11.5 Å². The summed E-state index contributed by atoms with van der Waals surface area (Å²) in [6.07, 6.45) is 0. The first-order chi connectivity index (χ1) is 13.8. The Hall–Kier alpha value is -3.17. The Morgan fingerprint density at radius 3 is 1.61 bits per heavy atom. The molecular formula is C25H21O2S+. The summed E-state index contributed by atoms with van der Waals surface area (Å²) in [6.45, 7) is 0.475. The smallest absolute Gasteiger partial charge is 0.166 e. The summed E-state index contributed by atoms with van der Waals surface area (Å²) >= 11 is 0. The SMILES string of the molecule is Oc1ccc(COc2ccc([S+](c3ccccc3)c3ccccc3)cc2)cc1. The molecule has 0 aliphatic heterocycles. The molecule has 28 heavy (non-hydrogen) atoms. The van der Waals surface area contributed by atoms with Gasteiger partial charge in [-0.25, -0.2) is 0 Å². The van der Waals surface area contributed by atoms with Crippen LogP contribution in [-0.4, -0.2) is 5.11 Å². The second-order valence-electron chi connectivity index (χ2n) is 6.36. The lowest BCUT2D eigenvalue weighted by Gasteiger charge is -2.10. The predicted molar refractivity (Wildman–Crippen MR) is 114 cm³/mol. The van der Waals surface area contributed by atoms with Gasteiger partial charge in [-0.15, -0.1) is 0 Å². The molecule has 0 spiro atoms. The molecule has 0 fully saturated rings. The predicted octanol–water partition coefficient (Wildman–Crippen LogP) is 6.07. The molecule has 0 atom stereocenters. The van der Waals surface area contributed by atoms with Crippen molar-refractivity contribution >= 4 is 10.9 Å². The van der Waals surface area contributed by atoms with Gasteiger partial charge in [-0.2, -0.15) is 0 Å². The van der Waals surface area contributed by atoms with Gasteiger partial charge in [0.05, 0.1) is 10.9 Å². The van der Waals surface area contributed by atoms with Crippen molar-refractivity contribution in [3.63, 3.8) is 0 Å². The van der Waals surface area contributed by atoms with Gasteiger partial charge in [-0.1, -0.05) is 48.5 Å². The summed E-state index contributed by atoms with van der Waals surface area (Å²) in [4.78, 5) is 3.85. The van der Waals surface area contributed by atoms with E-state index in [1.165, 1.54) is 14.7 Å². The standard InChI is InChI=1S/C25H20O2S/c26-21-13-11-20(12-14-21)19-27-22-15-17-25(18-16-22)28(23-7-3-1-4-8-23)24-9-5-2-6-10-24/h1-18H,19H2/p+1. The summed E-state index contributed by atoms with van der Waals surface area (Å²) in [7, 11) is -0.149. The maximum absolute atomic E-state index is 9.37. The first-order valence-electron chi connectivity index (χ1n) is 9.15. The molecule has 0 saturated heterocycles. The molecule has 0 radical (unpaired) electrons. The van der Waals surface area contributed by atoms with Crippen molar-refractivity contribution in [3.05, 3.63) is 115 Å². The molecule has 4 aromatic rings. The average Bonchev–Trinajstić information content (AvgIpc) is 2.76. The summed E-state index contributed by atoms with van der Waals surface area (Å²) in [5.41, 5.74) is 1.02. The summed E-state index contributed by atoms with van der Waals surface area (Å²) in [5.74, 6) is 1.10. The Kier molecular flexibility index (Phi) is 5.64. The van der Waals surface area contributed by atoms with Gasteiger partial charge >= 0.3 is 0 Å². The van der Waals surface area contributed by atoms with E-state index in [0.29, 0.717) is 6.61 Å². The maximum Gasteiger partial charge on any atom is 0.166 e. The highest BCUT2D eigenvalue weighted by molar-refractivity contribution is 7.97. The summed E-state index contributed by atoms with van der Waals surface area (Å²) in [6, 6.07) is 36.6. The Balaban J connectivity index is 1.55. The molecule has 1 N–H and O–H groups in total. The molecule has 0 aliphatic rings. The Morgan fingerprint density at radius 1 is 0.571 bits per heavy atom. The third kappa shape index (κ3) is 4.38. The van der Waals surface area contributed by atoms with Crippen molar-refractivity contribution in [2.24, 2.45) is 0 Å². The van der Waals surface area contributed by atoms with Crippen LogP contribution < -0.4 is 4.74 Å². The van der Waals surface area contributed by atoms with Crippen LogP contribution in [0.15, 0.2) is 124 Å². The highest BCUT2D eigenvalue weighted by Crippen LogP contribution is 2.32. The van der Waals surface area contributed by atoms with Gasteiger partial charge in [-0.3, -0.25) is 0 Å². The zero-order chi connectivity index (χ0) is 19.2. The number of hydrogen-bond donors (Lipinski definition) is 1. The molecule has 3 heteroatoms. The molecule has 0 unspecified atom stereocenters. The van der Waals surface area contributed by atoms with Gasteiger partial charge in [0.25, 0.3) is 0 Å². The van der Waals surface area contributed by atoms with Gasteiger partial charge in [0.15, 0.2) is 14.7 Å². The first-order valence-corrected chi connectivity index (χ1v) is 10.4. The molecular weight excluding hydrogens is 364 g/mol. The topological polar surface area (TPSA) is 29.5 Å². The minimum atomic E-state index is -0.149. The van der Waals surface area contributed by atoms with Gasteiger partial charge in [0.1, 0.15) is 18.1 Å². The highest BCUT2D eigenvalue weighted by atomic mass is 32.2. The van der Waals surface area contributed by atoms with Crippen molar-refractivity contribution in [1.82, 2.24) is 0 Å².